The number of nitrogens with zero attached hydrogens (tertiary/aromatic N) is 1. The third kappa shape index (κ3) is 8.68. The molecule has 3 rings (SSSR count). The first-order valence-corrected chi connectivity index (χ1v) is 16.1. The van der Waals surface area contributed by atoms with Gasteiger partial charge in [-0.25, -0.2) is 9.59 Å². The number of Topliss-reactive ketones (excluding diaryl/α,β-unsaturated/α-hetero) is 1. The van der Waals surface area contributed by atoms with Gasteiger partial charge in [-0.1, -0.05) is 41.9 Å². The lowest BCUT2D eigenvalue weighted by Crippen LogP contribution is -2.67. The third-order valence-corrected chi connectivity index (χ3v) is 8.26. The molecule has 0 unspecified atom stereocenters. The van der Waals surface area contributed by atoms with Crippen molar-refractivity contribution >= 4 is 29.4 Å². The standard InChI is InChI=1S/C34H47ClN2O8/c1-8-41-26-20-34(21-26,32(39)44-11-4)36-33(40)37(17-18-45-24(7)25-15-13-12-14-16-25)22(5)27-19-28(42-9-2)29(23(6)38)31(30(27)35)43-10-3/h12-16,19,22,24,26H,8-11,17-18,20-21H2,1-7H3,(H,36,40)/t22-,24+,26?,34?/m1/s1. The van der Waals surface area contributed by atoms with Gasteiger partial charge in [0, 0.05) is 31.6 Å². The lowest BCUT2D eigenvalue weighted by atomic mass is 9.74. The average Bonchev–Trinajstić information content (AvgIpc) is 2.99. The number of hydrogen-bond donors (Lipinski definition) is 1. The molecule has 0 saturated heterocycles. The maximum atomic E-state index is 14.1. The number of nitrogens with one attached hydrogen (secondary N) is 1. The highest BCUT2D eigenvalue weighted by molar-refractivity contribution is 6.33. The van der Waals surface area contributed by atoms with Crippen LogP contribution in [0.5, 0.6) is 11.5 Å². The first-order chi connectivity index (χ1) is 21.5. The van der Waals surface area contributed by atoms with Crippen molar-refractivity contribution in [2.24, 2.45) is 0 Å². The fourth-order valence-electron chi connectivity index (χ4n) is 5.54. The van der Waals surface area contributed by atoms with E-state index < -0.39 is 23.6 Å². The van der Waals surface area contributed by atoms with Gasteiger partial charge in [-0.15, -0.1) is 0 Å². The van der Waals surface area contributed by atoms with Gasteiger partial charge in [-0.3, -0.25) is 4.79 Å². The second kappa shape index (κ2) is 16.8. The smallest absolute Gasteiger partial charge is 0.332 e. The predicted molar refractivity (Wildman–Crippen MR) is 172 cm³/mol. The molecule has 10 nitrogen and oxygen atoms in total. The fraction of sp³-hybridized carbons (Fsp3) is 0.559. The molecule has 45 heavy (non-hydrogen) atoms. The molecule has 1 saturated carbocycles. The highest BCUT2D eigenvalue weighted by Crippen LogP contribution is 2.43. The van der Waals surface area contributed by atoms with Crippen LogP contribution in [-0.2, 0) is 19.0 Å². The molecule has 0 bridgehead atoms. The summed E-state index contributed by atoms with van der Waals surface area (Å²) in [5.74, 6) is -0.242. The van der Waals surface area contributed by atoms with E-state index in [1.165, 1.54) is 6.92 Å². The molecule has 2 amide bonds. The van der Waals surface area contributed by atoms with E-state index in [9.17, 15) is 14.4 Å². The number of carbonyl (C=O) groups is 3. The molecule has 2 aromatic carbocycles. The summed E-state index contributed by atoms with van der Waals surface area (Å²) in [6.45, 7) is 14.0. The van der Waals surface area contributed by atoms with Crippen molar-refractivity contribution < 1.29 is 38.1 Å². The van der Waals surface area contributed by atoms with Crippen LogP contribution in [0.3, 0.4) is 0 Å². The van der Waals surface area contributed by atoms with Gasteiger partial charge < -0.3 is 33.9 Å². The first kappa shape index (κ1) is 36.1. The van der Waals surface area contributed by atoms with E-state index in [1.54, 1.807) is 24.8 Å². The largest absolute Gasteiger partial charge is 0.493 e. The molecule has 2 atom stereocenters. The van der Waals surface area contributed by atoms with E-state index in [0.29, 0.717) is 37.4 Å². The number of ether oxygens (including phenoxy) is 5. The average molecular weight is 647 g/mol. The molecule has 1 N–H and O–H groups in total. The van der Waals surface area contributed by atoms with E-state index in [2.05, 4.69) is 5.32 Å². The summed E-state index contributed by atoms with van der Waals surface area (Å²) in [6, 6.07) is 10.3. The summed E-state index contributed by atoms with van der Waals surface area (Å²) >= 11 is 6.92. The van der Waals surface area contributed by atoms with E-state index >= 15 is 0 Å². The summed E-state index contributed by atoms with van der Waals surface area (Å²) in [7, 11) is 0. The fourth-order valence-corrected chi connectivity index (χ4v) is 5.90. The van der Waals surface area contributed by atoms with Crippen molar-refractivity contribution in [3.8, 4) is 11.5 Å². The number of esters is 1. The summed E-state index contributed by atoms with van der Waals surface area (Å²) in [6.07, 6.45) is 0.207. The Morgan fingerprint density at radius 1 is 1.00 bits per heavy atom. The molecule has 248 valence electrons. The van der Waals surface area contributed by atoms with Crippen LogP contribution in [0, 0.1) is 0 Å². The molecular formula is C34H47ClN2O8. The zero-order valence-corrected chi connectivity index (χ0v) is 28.2. The van der Waals surface area contributed by atoms with Crippen LogP contribution < -0.4 is 14.8 Å². The Morgan fingerprint density at radius 2 is 1.67 bits per heavy atom. The van der Waals surface area contributed by atoms with Crippen LogP contribution in [0.25, 0.3) is 0 Å². The number of carbonyl (C=O) groups excluding carboxylic acids is 3. The Kier molecular flexibility index (Phi) is 13.5. The van der Waals surface area contributed by atoms with Gasteiger partial charge in [0.1, 0.15) is 16.9 Å². The number of rotatable bonds is 17. The van der Waals surface area contributed by atoms with Gasteiger partial charge in [-0.05, 0) is 60.1 Å². The molecule has 0 aliphatic heterocycles. The van der Waals surface area contributed by atoms with E-state index in [-0.39, 0.29) is 60.7 Å². The molecule has 1 aliphatic rings. The van der Waals surface area contributed by atoms with Crippen LogP contribution in [0.2, 0.25) is 5.02 Å². The lowest BCUT2D eigenvalue weighted by molar-refractivity contribution is -0.163. The molecule has 0 radical (unpaired) electrons. The summed E-state index contributed by atoms with van der Waals surface area (Å²) in [5.41, 5.74) is 0.544. The lowest BCUT2D eigenvalue weighted by Gasteiger charge is -2.46. The van der Waals surface area contributed by atoms with Crippen molar-refractivity contribution in [3.05, 3.63) is 58.1 Å². The predicted octanol–water partition coefficient (Wildman–Crippen LogP) is 6.69. The Balaban J connectivity index is 1.99. The number of amides is 2. The summed E-state index contributed by atoms with van der Waals surface area (Å²) in [5, 5.41) is 3.17. The van der Waals surface area contributed by atoms with Crippen molar-refractivity contribution in [3.63, 3.8) is 0 Å². The van der Waals surface area contributed by atoms with Crippen LogP contribution in [-0.4, -0.2) is 73.9 Å². The third-order valence-electron chi connectivity index (χ3n) is 7.87. The first-order valence-electron chi connectivity index (χ1n) is 15.7. The van der Waals surface area contributed by atoms with Gasteiger partial charge in [0.05, 0.1) is 49.7 Å². The van der Waals surface area contributed by atoms with Gasteiger partial charge >= 0.3 is 12.0 Å². The minimum Gasteiger partial charge on any atom is -0.493 e. The molecule has 0 spiro atoms. The second-order valence-corrected chi connectivity index (χ2v) is 11.3. The summed E-state index contributed by atoms with van der Waals surface area (Å²) in [4.78, 5) is 41.5. The number of halogens is 1. The minimum absolute atomic E-state index is 0.163. The summed E-state index contributed by atoms with van der Waals surface area (Å²) < 4.78 is 28.9. The Hall–Kier alpha value is -3.34. The Morgan fingerprint density at radius 3 is 2.24 bits per heavy atom. The van der Waals surface area contributed by atoms with Gasteiger partial charge in [0.25, 0.3) is 0 Å². The van der Waals surface area contributed by atoms with Crippen LogP contribution in [0.1, 0.15) is 94.9 Å². The second-order valence-electron chi connectivity index (χ2n) is 10.9. The molecule has 0 heterocycles. The van der Waals surface area contributed by atoms with Gasteiger partial charge in [0.15, 0.2) is 11.5 Å². The normalized spacial score (nSPS) is 18.7. The van der Waals surface area contributed by atoms with Crippen molar-refractivity contribution in [2.75, 3.05) is 39.6 Å². The number of hydrogen-bond acceptors (Lipinski definition) is 8. The van der Waals surface area contributed by atoms with Crippen molar-refractivity contribution in [1.29, 1.82) is 0 Å². The minimum atomic E-state index is -1.22. The Labute approximate surface area is 271 Å². The molecule has 1 aliphatic carbocycles. The highest BCUT2D eigenvalue weighted by Gasteiger charge is 2.54. The molecule has 11 heteroatoms. The van der Waals surface area contributed by atoms with E-state index in [1.807, 2.05) is 58.0 Å². The molecule has 0 aromatic heterocycles. The van der Waals surface area contributed by atoms with E-state index in [4.69, 9.17) is 35.3 Å². The Bertz CT molecular complexity index is 1300. The number of benzene rings is 2. The van der Waals surface area contributed by atoms with Crippen molar-refractivity contribution in [1.82, 2.24) is 10.2 Å². The quantitative estimate of drug-likeness (QED) is 0.149. The molecular weight excluding hydrogens is 600 g/mol. The number of ketones is 1. The zero-order chi connectivity index (χ0) is 33.1. The topological polar surface area (TPSA) is 113 Å². The van der Waals surface area contributed by atoms with Crippen LogP contribution in [0.15, 0.2) is 36.4 Å². The van der Waals surface area contributed by atoms with Gasteiger partial charge in [0.2, 0.25) is 0 Å². The SMILES string of the molecule is CCOC(=O)C1(NC(=O)N(CCO[C@@H](C)c2ccccc2)[C@H](C)c2cc(OCC)c(C(C)=O)c(OCC)c2Cl)CC(OCC)C1. The zero-order valence-electron chi connectivity index (χ0n) is 27.4. The molecule has 2 aromatic rings. The maximum absolute atomic E-state index is 14.1. The monoisotopic (exact) mass is 646 g/mol. The number of urea groups is 1. The van der Waals surface area contributed by atoms with Crippen LogP contribution >= 0.6 is 11.6 Å². The van der Waals surface area contributed by atoms with Crippen molar-refractivity contribution in [2.45, 2.75) is 85.1 Å². The molecule has 1 fully saturated rings. The van der Waals surface area contributed by atoms with Crippen LogP contribution in [0.4, 0.5) is 4.79 Å². The van der Waals surface area contributed by atoms with Gasteiger partial charge in [-0.2, -0.15) is 0 Å². The highest BCUT2D eigenvalue weighted by atomic mass is 35.5. The maximum Gasteiger partial charge on any atom is 0.332 e. The van der Waals surface area contributed by atoms with E-state index in [0.717, 1.165) is 5.56 Å².